The minimum absolute atomic E-state index is 0.194. The molecule has 0 spiro atoms. The fourth-order valence-electron chi connectivity index (χ4n) is 2.16. The highest BCUT2D eigenvalue weighted by atomic mass is 16.2. The fraction of sp³-hybridized carbons (Fsp3) is 0.692. The SMILES string of the molecule is CCCN(CC)CCNc1c(N)n(CC)c(=O)[nH]c1=O. The number of nitrogens with one attached hydrogen (secondary N) is 2. The third-order valence-electron chi connectivity index (χ3n) is 3.27. The summed E-state index contributed by atoms with van der Waals surface area (Å²) in [5.41, 5.74) is 5.21. The van der Waals surface area contributed by atoms with Gasteiger partial charge >= 0.3 is 5.69 Å². The Balaban J connectivity index is 2.78. The van der Waals surface area contributed by atoms with Gasteiger partial charge in [-0.2, -0.15) is 0 Å². The Hall–Kier alpha value is -1.76. The molecule has 0 saturated heterocycles. The second kappa shape index (κ2) is 7.74. The van der Waals surface area contributed by atoms with Crippen molar-refractivity contribution in [2.24, 2.45) is 0 Å². The van der Waals surface area contributed by atoms with E-state index in [0.717, 1.165) is 26.1 Å². The highest BCUT2D eigenvalue weighted by Crippen LogP contribution is 2.09. The van der Waals surface area contributed by atoms with Gasteiger partial charge in [-0.15, -0.1) is 0 Å². The summed E-state index contributed by atoms with van der Waals surface area (Å²) >= 11 is 0. The van der Waals surface area contributed by atoms with Gasteiger partial charge in [0.05, 0.1) is 0 Å². The Labute approximate surface area is 118 Å². The van der Waals surface area contributed by atoms with Crippen molar-refractivity contribution < 1.29 is 0 Å². The highest BCUT2D eigenvalue weighted by molar-refractivity contribution is 5.60. The monoisotopic (exact) mass is 283 g/mol. The van der Waals surface area contributed by atoms with Gasteiger partial charge in [0.1, 0.15) is 11.5 Å². The van der Waals surface area contributed by atoms with Gasteiger partial charge in [-0.3, -0.25) is 14.3 Å². The van der Waals surface area contributed by atoms with Crippen molar-refractivity contribution in [3.63, 3.8) is 0 Å². The maximum absolute atomic E-state index is 11.8. The molecule has 4 N–H and O–H groups in total. The number of nitrogen functional groups attached to an aromatic ring is 1. The number of H-pyrrole nitrogens is 1. The van der Waals surface area contributed by atoms with Gasteiger partial charge < -0.3 is 16.0 Å². The molecule has 0 saturated carbocycles. The number of rotatable bonds is 8. The number of aromatic nitrogens is 2. The largest absolute Gasteiger partial charge is 0.383 e. The van der Waals surface area contributed by atoms with Crippen molar-refractivity contribution in [1.29, 1.82) is 0 Å². The predicted octanol–water partition coefficient (Wildman–Crippen LogP) is 0.283. The molecule has 7 heteroatoms. The normalized spacial score (nSPS) is 11.0. The van der Waals surface area contributed by atoms with Crippen LogP contribution >= 0.6 is 0 Å². The van der Waals surface area contributed by atoms with Crippen LogP contribution in [0.1, 0.15) is 27.2 Å². The molecule has 0 fully saturated rings. The lowest BCUT2D eigenvalue weighted by Gasteiger charge is -2.20. The smallest absolute Gasteiger partial charge is 0.330 e. The molecular formula is C13H25N5O2. The average Bonchev–Trinajstić information content (AvgIpc) is 2.41. The predicted molar refractivity (Wildman–Crippen MR) is 82.3 cm³/mol. The lowest BCUT2D eigenvalue weighted by Crippen LogP contribution is -2.35. The number of nitrogens with zero attached hydrogens (tertiary/aromatic N) is 2. The van der Waals surface area contributed by atoms with E-state index < -0.39 is 11.2 Å². The number of likely N-dealkylation sites (N-methyl/N-ethyl adjacent to an activating group) is 1. The number of hydrogen-bond donors (Lipinski definition) is 3. The molecule has 7 nitrogen and oxygen atoms in total. The van der Waals surface area contributed by atoms with Crippen LogP contribution in [0.25, 0.3) is 0 Å². The van der Waals surface area contributed by atoms with E-state index in [2.05, 4.69) is 29.0 Å². The Morgan fingerprint density at radius 1 is 1.25 bits per heavy atom. The number of hydrogen-bond acceptors (Lipinski definition) is 5. The molecule has 1 heterocycles. The summed E-state index contributed by atoms with van der Waals surface area (Å²) in [6, 6.07) is 0. The standard InChI is InChI=1S/C13H25N5O2/c1-4-8-17(5-2)9-7-15-10-11(14)18(6-3)13(20)16-12(10)19/h15H,4-9,14H2,1-3H3,(H,16,19,20). The zero-order chi connectivity index (χ0) is 15.1. The Bertz CT molecular complexity index is 535. The molecule has 0 atom stereocenters. The summed E-state index contributed by atoms with van der Waals surface area (Å²) in [5.74, 6) is 0.194. The Morgan fingerprint density at radius 2 is 1.95 bits per heavy atom. The molecule has 0 aliphatic heterocycles. The molecule has 0 unspecified atom stereocenters. The fourth-order valence-corrected chi connectivity index (χ4v) is 2.16. The first kappa shape index (κ1) is 16.3. The zero-order valence-electron chi connectivity index (χ0n) is 12.5. The summed E-state index contributed by atoms with van der Waals surface area (Å²) in [4.78, 5) is 27.9. The number of anilines is 2. The van der Waals surface area contributed by atoms with Crippen LogP contribution in [-0.2, 0) is 6.54 Å². The van der Waals surface area contributed by atoms with Crippen LogP contribution in [0.3, 0.4) is 0 Å². The first-order valence-electron chi connectivity index (χ1n) is 7.13. The first-order valence-corrected chi connectivity index (χ1v) is 7.13. The van der Waals surface area contributed by atoms with Crippen molar-refractivity contribution in [3.05, 3.63) is 20.8 Å². The van der Waals surface area contributed by atoms with E-state index in [1.54, 1.807) is 6.92 Å². The van der Waals surface area contributed by atoms with Gasteiger partial charge in [0.15, 0.2) is 0 Å². The van der Waals surface area contributed by atoms with Crippen molar-refractivity contribution in [2.75, 3.05) is 37.2 Å². The van der Waals surface area contributed by atoms with Crippen molar-refractivity contribution in [3.8, 4) is 0 Å². The molecular weight excluding hydrogens is 258 g/mol. The molecule has 20 heavy (non-hydrogen) atoms. The van der Waals surface area contributed by atoms with E-state index in [0.29, 0.717) is 13.1 Å². The molecule has 0 bridgehead atoms. The minimum Gasteiger partial charge on any atom is -0.383 e. The van der Waals surface area contributed by atoms with Gasteiger partial charge in [0.2, 0.25) is 0 Å². The summed E-state index contributed by atoms with van der Waals surface area (Å²) in [6.45, 7) is 9.91. The number of nitrogens with two attached hydrogens (primary N) is 1. The Kier molecular flexibility index (Phi) is 6.30. The summed E-state index contributed by atoms with van der Waals surface area (Å²) in [5, 5.41) is 3.04. The highest BCUT2D eigenvalue weighted by Gasteiger charge is 2.11. The number of aromatic amines is 1. The lowest BCUT2D eigenvalue weighted by molar-refractivity contribution is 0.300. The van der Waals surface area contributed by atoms with Crippen LogP contribution in [0.4, 0.5) is 11.5 Å². The van der Waals surface area contributed by atoms with Gasteiger partial charge in [-0.1, -0.05) is 13.8 Å². The van der Waals surface area contributed by atoms with E-state index in [4.69, 9.17) is 5.73 Å². The van der Waals surface area contributed by atoms with Crippen LogP contribution in [-0.4, -0.2) is 40.6 Å². The Morgan fingerprint density at radius 3 is 2.50 bits per heavy atom. The van der Waals surface area contributed by atoms with Crippen LogP contribution in [0.5, 0.6) is 0 Å². The molecule has 0 aromatic carbocycles. The average molecular weight is 283 g/mol. The van der Waals surface area contributed by atoms with Crippen molar-refractivity contribution in [1.82, 2.24) is 14.5 Å². The molecule has 114 valence electrons. The lowest BCUT2D eigenvalue weighted by atomic mass is 10.3. The maximum Gasteiger partial charge on any atom is 0.330 e. The summed E-state index contributed by atoms with van der Waals surface area (Å²) in [6.07, 6.45) is 1.09. The molecule has 0 radical (unpaired) electrons. The third-order valence-corrected chi connectivity index (χ3v) is 3.27. The van der Waals surface area contributed by atoms with E-state index in [1.807, 2.05) is 0 Å². The molecule has 0 amide bonds. The molecule has 1 rings (SSSR count). The second-order valence-electron chi connectivity index (χ2n) is 4.62. The van der Waals surface area contributed by atoms with Gasteiger partial charge in [-0.05, 0) is 26.4 Å². The van der Waals surface area contributed by atoms with Gasteiger partial charge in [0, 0.05) is 19.6 Å². The zero-order valence-corrected chi connectivity index (χ0v) is 12.5. The second-order valence-corrected chi connectivity index (χ2v) is 4.62. The van der Waals surface area contributed by atoms with Crippen LogP contribution in [0.15, 0.2) is 9.59 Å². The summed E-state index contributed by atoms with van der Waals surface area (Å²) in [7, 11) is 0. The summed E-state index contributed by atoms with van der Waals surface area (Å²) < 4.78 is 1.34. The van der Waals surface area contributed by atoms with E-state index in [9.17, 15) is 9.59 Å². The van der Waals surface area contributed by atoms with E-state index in [1.165, 1.54) is 4.57 Å². The third kappa shape index (κ3) is 3.86. The topological polar surface area (TPSA) is 96.2 Å². The van der Waals surface area contributed by atoms with Crippen LogP contribution in [0.2, 0.25) is 0 Å². The molecule has 1 aromatic heterocycles. The molecule has 0 aliphatic rings. The van der Waals surface area contributed by atoms with Gasteiger partial charge in [0.25, 0.3) is 5.56 Å². The maximum atomic E-state index is 11.8. The van der Waals surface area contributed by atoms with Crippen LogP contribution < -0.4 is 22.3 Å². The van der Waals surface area contributed by atoms with Crippen molar-refractivity contribution >= 4 is 11.5 Å². The van der Waals surface area contributed by atoms with E-state index in [-0.39, 0.29) is 11.5 Å². The first-order chi connectivity index (χ1) is 9.54. The van der Waals surface area contributed by atoms with Crippen molar-refractivity contribution in [2.45, 2.75) is 33.7 Å². The molecule has 1 aromatic rings. The van der Waals surface area contributed by atoms with E-state index >= 15 is 0 Å². The minimum atomic E-state index is -0.471. The molecule has 0 aliphatic carbocycles. The van der Waals surface area contributed by atoms with Crippen LogP contribution in [0, 0.1) is 0 Å². The van der Waals surface area contributed by atoms with Gasteiger partial charge in [-0.25, -0.2) is 4.79 Å². The quantitative estimate of drug-likeness (QED) is 0.637.